The standard InChI is InChI=1S/C13H24O2/c1-6-8(3)13-10(5)12(14)9(4)11(7-2)15-13/h9-14H,3,6-7H2,1-2,4-5H3. The SMILES string of the molecule is C=C(CC)C1OC(CC)C(C)C(O)C1C. The van der Waals surface area contributed by atoms with Crippen molar-refractivity contribution in [2.45, 2.75) is 58.8 Å². The van der Waals surface area contributed by atoms with Crippen LogP contribution in [0.3, 0.4) is 0 Å². The molecule has 1 rings (SSSR count). The summed E-state index contributed by atoms with van der Waals surface area (Å²) < 4.78 is 6.02. The molecule has 0 amide bonds. The fourth-order valence-electron chi connectivity index (χ4n) is 2.45. The van der Waals surface area contributed by atoms with E-state index in [-0.39, 0.29) is 30.1 Å². The average Bonchev–Trinajstić information content (AvgIpc) is 2.25. The zero-order chi connectivity index (χ0) is 11.6. The first-order chi connectivity index (χ1) is 7.02. The summed E-state index contributed by atoms with van der Waals surface area (Å²) in [5, 5.41) is 10.1. The lowest BCUT2D eigenvalue weighted by Gasteiger charge is -2.43. The van der Waals surface area contributed by atoms with E-state index in [1.807, 2.05) is 0 Å². The summed E-state index contributed by atoms with van der Waals surface area (Å²) >= 11 is 0. The molecule has 0 saturated carbocycles. The second kappa shape index (κ2) is 5.13. The van der Waals surface area contributed by atoms with E-state index >= 15 is 0 Å². The van der Waals surface area contributed by atoms with Gasteiger partial charge in [-0.1, -0.05) is 34.3 Å². The van der Waals surface area contributed by atoms with E-state index in [4.69, 9.17) is 4.74 Å². The molecule has 2 heteroatoms. The monoisotopic (exact) mass is 212 g/mol. The molecule has 1 saturated heterocycles. The Bertz CT molecular complexity index is 223. The molecule has 5 atom stereocenters. The van der Waals surface area contributed by atoms with Crippen LogP contribution in [0.1, 0.15) is 40.5 Å². The van der Waals surface area contributed by atoms with Crippen molar-refractivity contribution < 1.29 is 9.84 Å². The van der Waals surface area contributed by atoms with E-state index in [0.717, 1.165) is 18.4 Å². The molecule has 0 radical (unpaired) electrons. The van der Waals surface area contributed by atoms with Crippen LogP contribution >= 0.6 is 0 Å². The number of aliphatic hydroxyl groups excluding tert-OH is 1. The fraction of sp³-hybridized carbons (Fsp3) is 0.846. The number of hydrogen-bond donors (Lipinski definition) is 1. The van der Waals surface area contributed by atoms with E-state index in [1.165, 1.54) is 0 Å². The van der Waals surface area contributed by atoms with Gasteiger partial charge in [0.1, 0.15) is 0 Å². The molecule has 0 aromatic rings. The molecule has 0 aliphatic carbocycles. The van der Waals surface area contributed by atoms with Gasteiger partial charge >= 0.3 is 0 Å². The van der Waals surface area contributed by atoms with Crippen molar-refractivity contribution in [1.82, 2.24) is 0 Å². The normalized spacial score (nSPS) is 41.5. The first-order valence-corrected chi connectivity index (χ1v) is 6.04. The molecular weight excluding hydrogens is 188 g/mol. The smallest absolute Gasteiger partial charge is 0.0836 e. The Morgan fingerprint density at radius 1 is 1.27 bits per heavy atom. The maximum absolute atomic E-state index is 10.1. The van der Waals surface area contributed by atoms with Gasteiger partial charge in [-0.3, -0.25) is 0 Å². The molecule has 0 bridgehead atoms. The summed E-state index contributed by atoms with van der Waals surface area (Å²) in [5.41, 5.74) is 1.10. The van der Waals surface area contributed by atoms with Gasteiger partial charge in [-0.25, -0.2) is 0 Å². The van der Waals surface area contributed by atoms with Crippen molar-refractivity contribution in [3.63, 3.8) is 0 Å². The van der Waals surface area contributed by atoms with Crippen LogP contribution in [0, 0.1) is 11.8 Å². The predicted molar refractivity (Wildman–Crippen MR) is 62.7 cm³/mol. The summed E-state index contributed by atoms with van der Waals surface area (Å²) in [6.07, 6.45) is 1.82. The van der Waals surface area contributed by atoms with Gasteiger partial charge in [0.05, 0.1) is 18.3 Å². The van der Waals surface area contributed by atoms with E-state index in [2.05, 4.69) is 34.3 Å². The van der Waals surface area contributed by atoms with Crippen LogP contribution in [-0.4, -0.2) is 23.4 Å². The minimum Gasteiger partial charge on any atom is -0.392 e. The molecule has 1 heterocycles. The van der Waals surface area contributed by atoms with Crippen molar-refractivity contribution >= 4 is 0 Å². The largest absolute Gasteiger partial charge is 0.392 e. The van der Waals surface area contributed by atoms with Crippen LogP contribution in [0.25, 0.3) is 0 Å². The van der Waals surface area contributed by atoms with Gasteiger partial charge in [-0.2, -0.15) is 0 Å². The predicted octanol–water partition coefficient (Wildman–Crippen LogP) is 2.76. The highest BCUT2D eigenvalue weighted by atomic mass is 16.5. The van der Waals surface area contributed by atoms with Gasteiger partial charge in [-0.15, -0.1) is 0 Å². The van der Waals surface area contributed by atoms with Crippen molar-refractivity contribution in [2.24, 2.45) is 11.8 Å². The second-order valence-electron chi connectivity index (χ2n) is 4.72. The van der Waals surface area contributed by atoms with Crippen LogP contribution in [0.2, 0.25) is 0 Å². The Balaban J connectivity index is 2.78. The van der Waals surface area contributed by atoms with Crippen LogP contribution in [-0.2, 0) is 4.74 Å². The summed E-state index contributed by atoms with van der Waals surface area (Å²) in [5.74, 6) is 0.390. The second-order valence-corrected chi connectivity index (χ2v) is 4.72. The van der Waals surface area contributed by atoms with Gasteiger partial charge in [0.25, 0.3) is 0 Å². The first-order valence-electron chi connectivity index (χ1n) is 6.04. The molecule has 0 aromatic carbocycles. The summed E-state index contributed by atoms with van der Waals surface area (Å²) in [6.45, 7) is 12.4. The number of hydrogen-bond acceptors (Lipinski definition) is 2. The van der Waals surface area contributed by atoms with Gasteiger partial charge in [0.2, 0.25) is 0 Å². The van der Waals surface area contributed by atoms with Gasteiger partial charge in [0, 0.05) is 11.8 Å². The van der Waals surface area contributed by atoms with Gasteiger partial charge < -0.3 is 9.84 Å². The Hall–Kier alpha value is -0.340. The maximum Gasteiger partial charge on any atom is 0.0836 e. The van der Waals surface area contributed by atoms with E-state index in [9.17, 15) is 5.11 Å². The molecule has 0 spiro atoms. The van der Waals surface area contributed by atoms with E-state index < -0.39 is 0 Å². The lowest BCUT2D eigenvalue weighted by molar-refractivity contribution is -0.151. The number of aliphatic hydroxyl groups is 1. The quantitative estimate of drug-likeness (QED) is 0.729. The van der Waals surface area contributed by atoms with Crippen LogP contribution < -0.4 is 0 Å². The van der Waals surface area contributed by atoms with E-state index in [1.54, 1.807) is 0 Å². The Morgan fingerprint density at radius 2 is 1.87 bits per heavy atom. The average molecular weight is 212 g/mol. The molecule has 1 aliphatic rings. The molecule has 5 unspecified atom stereocenters. The zero-order valence-corrected chi connectivity index (χ0v) is 10.4. The fourth-order valence-corrected chi connectivity index (χ4v) is 2.45. The molecule has 1 aliphatic heterocycles. The zero-order valence-electron chi connectivity index (χ0n) is 10.4. The van der Waals surface area contributed by atoms with Crippen molar-refractivity contribution in [3.8, 4) is 0 Å². The molecule has 1 N–H and O–H groups in total. The molecule has 2 nitrogen and oxygen atoms in total. The van der Waals surface area contributed by atoms with Gasteiger partial charge in [-0.05, 0) is 18.4 Å². The minimum absolute atomic E-state index is 0.0335. The van der Waals surface area contributed by atoms with Crippen molar-refractivity contribution in [3.05, 3.63) is 12.2 Å². The maximum atomic E-state index is 10.1. The number of ether oxygens (including phenoxy) is 1. The number of rotatable bonds is 3. The topological polar surface area (TPSA) is 29.5 Å². The lowest BCUT2D eigenvalue weighted by Crippen LogP contribution is -2.49. The van der Waals surface area contributed by atoms with Crippen LogP contribution in [0.4, 0.5) is 0 Å². The van der Waals surface area contributed by atoms with Crippen molar-refractivity contribution in [2.75, 3.05) is 0 Å². The molecule has 15 heavy (non-hydrogen) atoms. The van der Waals surface area contributed by atoms with Crippen LogP contribution in [0.5, 0.6) is 0 Å². The highest BCUT2D eigenvalue weighted by Gasteiger charge is 2.40. The molecule has 88 valence electrons. The lowest BCUT2D eigenvalue weighted by atomic mass is 9.79. The molecule has 1 fully saturated rings. The summed E-state index contributed by atoms with van der Waals surface area (Å²) in [7, 11) is 0. The molecular formula is C13H24O2. The van der Waals surface area contributed by atoms with Crippen LogP contribution in [0.15, 0.2) is 12.2 Å². The van der Waals surface area contributed by atoms with Gasteiger partial charge in [0.15, 0.2) is 0 Å². The Labute approximate surface area is 93.3 Å². The summed E-state index contributed by atoms with van der Waals surface area (Å²) in [6, 6.07) is 0. The first kappa shape index (κ1) is 12.7. The Kier molecular flexibility index (Phi) is 4.35. The third-order valence-electron chi connectivity index (χ3n) is 3.72. The highest BCUT2D eigenvalue weighted by molar-refractivity contribution is 5.07. The summed E-state index contributed by atoms with van der Waals surface area (Å²) in [4.78, 5) is 0. The molecule has 0 aromatic heterocycles. The highest BCUT2D eigenvalue weighted by Crippen LogP contribution is 2.34. The third-order valence-corrected chi connectivity index (χ3v) is 3.72. The Morgan fingerprint density at radius 3 is 2.33 bits per heavy atom. The minimum atomic E-state index is -0.267. The van der Waals surface area contributed by atoms with Crippen molar-refractivity contribution in [1.29, 1.82) is 0 Å². The van der Waals surface area contributed by atoms with E-state index in [0.29, 0.717) is 0 Å². The third kappa shape index (κ3) is 2.43.